The van der Waals surface area contributed by atoms with Crippen LogP contribution in [0.3, 0.4) is 0 Å². The Kier molecular flexibility index (Phi) is 7.55. The summed E-state index contributed by atoms with van der Waals surface area (Å²) < 4.78 is 5.34. The van der Waals surface area contributed by atoms with Gasteiger partial charge in [0, 0.05) is 31.7 Å². The third-order valence-corrected chi connectivity index (χ3v) is 4.73. The summed E-state index contributed by atoms with van der Waals surface area (Å²) in [5, 5.41) is 5.68. The minimum absolute atomic E-state index is 0.226. The minimum atomic E-state index is -0.310. The average Bonchev–Trinajstić information content (AvgIpc) is 2.75. The third-order valence-electron chi connectivity index (χ3n) is 4.73. The largest absolute Gasteiger partial charge is 0.379 e. The van der Waals surface area contributed by atoms with Gasteiger partial charge in [-0.3, -0.25) is 14.5 Å². The van der Waals surface area contributed by atoms with Crippen LogP contribution < -0.4 is 10.6 Å². The van der Waals surface area contributed by atoms with Crippen molar-refractivity contribution in [1.29, 1.82) is 0 Å². The number of morpholine rings is 1. The van der Waals surface area contributed by atoms with Crippen molar-refractivity contribution in [3.05, 3.63) is 77.0 Å². The predicted octanol–water partition coefficient (Wildman–Crippen LogP) is 2.21. The molecular weight excluding hydrogens is 366 g/mol. The predicted molar refractivity (Wildman–Crippen MR) is 113 cm³/mol. The number of aryl methyl sites for hydroxylation is 1. The zero-order valence-electron chi connectivity index (χ0n) is 16.7. The van der Waals surface area contributed by atoms with E-state index in [2.05, 4.69) is 15.5 Å². The molecule has 0 aromatic heterocycles. The summed E-state index contributed by atoms with van der Waals surface area (Å²) in [5.74, 6) is -0.613. The fourth-order valence-corrected chi connectivity index (χ4v) is 3.02. The molecule has 0 aliphatic carbocycles. The first-order valence-electron chi connectivity index (χ1n) is 9.85. The van der Waals surface area contributed by atoms with Crippen molar-refractivity contribution in [2.24, 2.45) is 0 Å². The molecule has 1 aliphatic rings. The molecule has 6 nitrogen and oxygen atoms in total. The molecule has 2 aromatic carbocycles. The Morgan fingerprint density at radius 1 is 1.03 bits per heavy atom. The summed E-state index contributed by atoms with van der Waals surface area (Å²) in [5.41, 5.74) is 2.65. The van der Waals surface area contributed by atoms with Gasteiger partial charge in [-0.2, -0.15) is 0 Å². The van der Waals surface area contributed by atoms with Crippen LogP contribution in [0, 0.1) is 6.92 Å². The van der Waals surface area contributed by atoms with Crippen LogP contribution >= 0.6 is 0 Å². The van der Waals surface area contributed by atoms with Gasteiger partial charge in [-0.05, 0) is 30.7 Å². The Balaban J connectivity index is 1.67. The molecule has 1 fully saturated rings. The Morgan fingerprint density at radius 2 is 1.72 bits per heavy atom. The highest BCUT2D eigenvalue weighted by molar-refractivity contribution is 6.05. The fraction of sp³-hybridized carbons (Fsp3) is 0.304. The molecule has 152 valence electrons. The van der Waals surface area contributed by atoms with E-state index in [4.69, 9.17) is 4.74 Å². The average molecular weight is 393 g/mol. The number of nitrogens with zero attached hydrogens (tertiary/aromatic N) is 1. The molecule has 1 aliphatic heterocycles. The maximum absolute atomic E-state index is 12.8. The molecule has 3 rings (SSSR count). The van der Waals surface area contributed by atoms with Gasteiger partial charge in [0.1, 0.15) is 5.70 Å². The lowest BCUT2D eigenvalue weighted by molar-refractivity contribution is -0.117. The smallest absolute Gasteiger partial charge is 0.267 e. The number of rotatable bonds is 7. The van der Waals surface area contributed by atoms with Crippen molar-refractivity contribution in [2.45, 2.75) is 6.92 Å². The lowest BCUT2D eigenvalue weighted by Gasteiger charge is -2.26. The molecule has 0 radical (unpaired) electrons. The first kappa shape index (κ1) is 20.8. The van der Waals surface area contributed by atoms with Gasteiger partial charge in [0.25, 0.3) is 11.8 Å². The summed E-state index contributed by atoms with van der Waals surface area (Å²) in [6, 6.07) is 16.7. The monoisotopic (exact) mass is 393 g/mol. The minimum Gasteiger partial charge on any atom is -0.379 e. The van der Waals surface area contributed by atoms with Crippen molar-refractivity contribution < 1.29 is 14.3 Å². The number of benzene rings is 2. The van der Waals surface area contributed by atoms with Gasteiger partial charge < -0.3 is 15.4 Å². The van der Waals surface area contributed by atoms with Crippen LogP contribution in [0.1, 0.15) is 21.5 Å². The summed E-state index contributed by atoms with van der Waals surface area (Å²) in [6.07, 6.45) is 1.69. The van der Waals surface area contributed by atoms with Gasteiger partial charge in [0.2, 0.25) is 0 Å². The van der Waals surface area contributed by atoms with Gasteiger partial charge in [-0.1, -0.05) is 48.0 Å². The van der Waals surface area contributed by atoms with Crippen LogP contribution in [0.15, 0.2) is 60.3 Å². The summed E-state index contributed by atoms with van der Waals surface area (Å²) in [6.45, 7) is 6.40. The van der Waals surface area contributed by atoms with E-state index in [-0.39, 0.29) is 17.5 Å². The quantitative estimate of drug-likeness (QED) is 0.708. The van der Waals surface area contributed by atoms with Gasteiger partial charge in [-0.15, -0.1) is 0 Å². The van der Waals surface area contributed by atoms with E-state index in [1.54, 1.807) is 18.2 Å². The normalized spacial score (nSPS) is 15.0. The second-order valence-corrected chi connectivity index (χ2v) is 7.00. The second-order valence-electron chi connectivity index (χ2n) is 7.00. The maximum atomic E-state index is 12.8. The van der Waals surface area contributed by atoms with Crippen LogP contribution in [0.25, 0.3) is 6.08 Å². The van der Waals surface area contributed by atoms with Gasteiger partial charge in [0.05, 0.1) is 13.2 Å². The first-order valence-corrected chi connectivity index (χ1v) is 9.85. The lowest BCUT2D eigenvalue weighted by atomic mass is 10.1. The number of nitrogens with one attached hydrogen (secondary N) is 2. The molecule has 2 aromatic rings. The van der Waals surface area contributed by atoms with Gasteiger partial charge in [0.15, 0.2) is 0 Å². The Labute approximate surface area is 171 Å². The highest BCUT2D eigenvalue weighted by Crippen LogP contribution is 2.08. The van der Waals surface area contributed by atoms with Crippen molar-refractivity contribution in [3.63, 3.8) is 0 Å². The fourth-order valence-electron chi connectivity index (χ4n) is 3.02. The molecular formula is C23H27N3O3. The van der Waals surface area contributed by atoms with E-state index in [1.165, 1.54) is 0 Å². The van der Waals surface area contributed by atoms with Crippen molar-refractivity contribution in [1.82, 2.24) is 15.5 Å². The highest BCUT2D eigenvalue weighted by Gasteiger charge is 2.15. The SMILES string of the molecule is Cc1ccc(C(=O)N/C(=C/c2ccccc2)C(=O)NCCN2CCOCC2)cc1. The Hall–Kier alpha value is -2.96. The van der Waals surface area contributed by atoms with Crippen LogP contribution in [0.2, 0.25) is 0 Å². The molecule has 2 N–H and O–H groups in total. The number of hydrogen-bond acceptors (Lipinski definition) is 4. The Morgan fingerprint density at radius 3 is 2.41 bits per heavy atom. The van der Waals surface area contributed by atoms with Crippen LogP contribution in [0.5, 0.6) is 0 Å². The van der Waals surface area contributed by atoms with Crippen LogP contribution in [-0.4, -0.2) is 56.1 Å². The standard InChI is InChI=1S/C23H27N3O3/c1-18-7-9-20(10-8-18)22(27)25-21(17-19-5-3-2-4-6-19)23(28)24-11-12-26-13-15-29-16-14-26/h2-10,17H,11-16H2,1H3,(H,24,28)(H,25,27)/b21-17+. The van der Waals surface area contributed by atoms with Crippen LogP contribution in [-0.2, 0) is 9.53 Å². The van der Waals surface area contributed by atoms with Crippen LogP contribution in [0.4, 0.5) is 0 Å². The number of ether oxygens (including phenoxy) is 1. The Bertz CT molecular complexity index is 841. The van der Waals surface area contributed by atoms with E-state index < -0.39 is 0 Å². The zero-order valence-corrected chi connectivity index (χ0v) is 16.7. The molecule has 0 unspecified atom stereocenters. The van der Waals surface area contributed by atoms with E-state index >= 15 is 0 Å². The molecule has 1 saturated heterocycles. The number of carbonyl (C=O) groups is 2. The zero-order chi connectivity index (χ0) is 20.5. The number of hydrogen-bond donors (Lipinski definition) is 2. The highest BCUT2D eigenvalue weighted by atomic mass is 16.5. The topological polar surface area (TPSA) is 70.7 Å². The molecule has 0 bridgehead atoms. The molecule has 2 amide bonds. The third kappa shape index (κ3) is 6.55. The number of carbonyl (C=O) groups excluding carboxylic acids is 2. The van der Waals surface area contributed by atoms with E-state index in [1.807, 2.05) is 49.4 Å². The van der Waals surface area contributed by atoms with E-state index in [0.29, 0.717) is 12.1 Å². The molecule has 29 heavy (non-hydrogen) atoms. The molecule has 6 heteroatoms. The molecule has 1 heterocycles. The van der Waals surface area contributed by atoms with Gasteiger partial charge >= 0.3 is 0 Å². The first-order chi connectivity index (χ1) is 14.1. The summed E-state index contributed by atoms with van der Waals surface area (Å²) in [4.78, 5) is 27.6. The summed E-state index contributed by atoms with van der Waals surface area (Å²) >= 11 is 0. The second kappa shape index (κ2) is 10.5. The summed E-state index contributed by atoms with van der Waals surface area (Å²) in [7, 11) is 0. The van der Waals surface area contributed by atoms with E-state index in [9.17, 15) is 9.59 Å². The van der Waals surface area contributed by atoms with Gasteiger partial charge in [-0.25, -0.2) is 0 Å². The van der Waals surface area contributed by atoms with Crippen molar-refractivity contribution >= 4 is 17.9 Å². The molecule has 0 atom stereocenters. The number of amides is 2. The maximum Gasteiger partial charge on any atom is 0.267 e. The van der Waals surface area contributed by atoms with Crippen molar-refractivity contribution in [3.8, 4) is 0 Å². The van der Waals surface area contributed by atoms with E-state index in [0.717, 1.165) is 44.0 Å². The van der Waals surface area contributed by atoms with Crippen molar-refractivity contribution in [2.75, 3.05) is 39.4 Å². The lowest BCUT2D eigenvalue weighted by Crippen LogP contribution is -2.42. The molecule has 0 spiro atoms. The molecule has 0 saturated carbocycles.